The van der Waals surface area contributed by atoms with Crippen LogP contribution in [0.5, 0.6) is 0 Å². The first-order valence-electron chi connectivity index (χ1n) is 6.55. The van der Waals surface area contributed by atoms with Gasteiger partial charge in [-0.3, -0.25) is 0 Å². The summed E-state index contributed by atoms with van der Waals surface area (Å²) < 4.78 is 0. The molecule has 1 aliphatic carbocycles. The summed E-state index contributed by atoms with van der Waals surface area (Å²) in [6.07, 6.45) is 3.92. The molecule has 0 aliphatic heterocycles. The van der Waals surface area contributed by atoms with Crippen LogP contribution in [-0.4, -0.2) is 6.04 Å². The fourth-order valence-corrected chi connectivity index (χ4v) is 2.67. The predicted octanol–water partition coefficient (Wildman–Crippen LogP) is 3.25. The van der Waals surface area contributed by atoms with Crippen molar-refractivity contribution >= 4 is 5.69 Å². The first-order chi connectivity index (χ1) is 7.96. The highest BCUT2D eigenvalue weighted by Crippen LogP contribution is 2.36. The smallest absolute Gasteiger partial charge is 0.0346 e. The molecule has 94 valence electrons. The minimum absolute atomic E-state index is 0.518. The van der Waals surface area contributed by atoms with Gasteiger partial charge in [-0.1, -0.05) is 26.0 Å². The van der Waals surface area contributed by atoms with Crippen LogP contribution in [0.15, 0.2) is 18.2 Å². The van der Waals surface area contributed by atoms with Crippen LogP contribution in [0.3, 0.4) is 0 Å². The van der Waals surface area contributed by atoms with E-state index in [-0.39, 0.29) is 0 Å². The van der Waals surface area contributed by atoms with Crippen LogP contribution in [0.4, 0.5) is 5.69 Å². The largest absolute Gasteiger partial charge is 0.399 e. The fourth-order valence-electron chi connectivity index (χ4n) is 2.67. The molecule has 1 aliphatic rings. The molecule has 17 heavy (non-hydrogen) atoms. The van der Waals surface area contributed by atoms with Crippen LogP contribution < -0.4 is 11.1 Å². The number of benzene rings is 1. The number of anilines is 1. The van der Waals surface area contributed by atoms with Crippen LogP contribution in [0.2, 0.25) is 0 Å². The van der Waals surface area contributed by atoms with E-state index in [1.54, 1.807) is 0 Å². The molecule has 2 rings (SSSR count). The summed E-state index contributed by atoms with van der Waals surface area (Å²) in [5.41, 5.74) is 9.79. The lowest BCUT2D eigenvalue weighted by Gasteiger charge is -2.18. The molecule has 0 bridgehead atoms. The fraction of sp³-hybridized carbons (Fsp3) is 0.600. The molecule has 1 fully saturated rings. The number of nitrogens with two attached hydrogens (primary N) is 1. The Balaban J connectivity index is 1.88. The van der Waals surface area contributed by atoms with Crippen molar-refractivity contribution in [2.45, 2.75) is 52.6 Å². The third kappa shape index (κ3) is 3.22. The Labute approximate surface area is 105 Å². The molecule has 1 atom stereocenters. The van der Waals surface area contributed by atoms with Crippen molar-refractivity contribution in [3.05, 3.63) is 29.3 Å². The maximum atomic E-state index is 5.92. The lowest BCUT2D eigenvalue weighted by molar-refractivity contribution is 0.364. The van der Waals surface area contributed by atoms with Crippen LogP contribution in [-0.2, 0) is 6.54 Å². The molecule has 3 N–H and O–H groups in total. The van der Waals surface area contributed by atoms with Crippen LogP contribution in [0.25, 0.3) is 0 Å². The van der Waals surface area contributed by atoms with Crippen molar-refractivity contribution in [2.75, 3.05) is 5.73 Å². The normalized spacial score (nSPS) is 22.9. The highest BCUT2D eigenvalue weighted by molar-refractivity contribution is 5.48. The minimum Gasteiger partial charge on any atom is -0.399 e. The van der Waals surface area contributed by atoms with Crippen molar-refractivity contribution in [2.24, 2.45) is 5.41 Å². The van der Waals surface area contributed by atoms with Crippen molar-refractivity contribution in [3.63, 3.8) is 0 Å². The van der Waals surface area contributed by atoms with Crippen LogP contribution in [0, 0.1) is 12.3 Å². The first kappa shape index (κ1) is 12.4. The Morgan fingerprint density at radius 1 is 1.41 bits per heavy atom. The third-order valence-corrected chi connectivity index (χ3v) is 3.91. The van der Waals surface area contributed by atoms with Gasteiger partial charge in [0.1, 0.15) is 0 Å². The SMILES string of the molecule is Cc1ccc(CNC2CCC(C)(C)C2)cc1N. The number of hydrogen-bond donors (Lipinski definition) is 2. The molecule has 0 amide bonds. The molecule has 0 heterocycles. The first-order valence-corrected chi connectivity index (χ1v) is 6.55. The van der Waals surface area contributed by atoms with E-state index in [0.29, 0.717) is 11.5 Å². The lowest BCUT2D eigenvalue weighted by atomic mass is 9.92. The molecule has 0 saturated heterocycles. The van der Waals surface area contributed by atoms with Gasteiger partial charge >= 0.3 is 0 Å². The van der Waals surface area contributed by atoms with Gasteiger partial charge in [0.15, 0.2) is 0 Å². The summed E-state index contributed by atoms with van der Waals surface area (Å²) in [4.78, 5) is 0. The van der Waals surface area contributed by atoms with Gasteiger partial charge in [0.05, 0.1) is 0 Å². The van der Waals surface area contributed by atoms with Gasteiger partial charge in [-0.15, -0.1) is 0 Å². The summed E-state index contributed by atoms with van der Waals surface area (Å²) in [5.74, 6) is 0. The van der Waals surface area contributed by atoms with Crippen molar-refractivity contribution < 1.29 is 0 Å². The number of hydrogen-bond acceptors (Lipinski definition) is 2. The molecule has 1 aromatic rings. The van der Waals surface area contributed by atoms with Crippen molar-refractivity contribution in [1.29, 1.82) is 0 Å². The number of aryl methyl sites for hydroxylation is 1. The van der Waals surface area contributed by atoms with Gasteiger partial charge < -0.3 is 11.1 Å². The van der Waals surface area contributed by atoms with Crippen molar-refractivity contribution in [3.8, 4) is 0 Å². The second-order valence-corrected chi connectivity index (χ2v) is 6.18. The molecular formula is C15H24N2. The second-order valence-electron chi connectivity index (χ2n) is 6.18. The Morgan fingerprint density at radius 3 is 2.76 bits per heavy atom. The highest BCUT2D eigenvalue weighted by atomic mass is 14.9. The number of rotatable bonds is 3. The highest BCUT2D eigenvalue weighted by Gasteiger charge is 2.30. The molecule has 2 nitrogen and oxygen atoms in total. The summed E-state index contributed by atoms with van der Waals surface area (Å²) in [7, 11) is 0. The van der Waals surface area contributed by atoms with E-state index in [0.717, 1.165) is 17.8 Å². The topological polar surface area (TPSA) is 38.0 Å². The second kappa shape index (κ2) is 4.69. The minimum atomic E-state index is 0.518. The van der Waals surface area contributed by atoms with Gasteiger partial charge in [-0.25, -0.2) is 0 Å². The molecule has 0 radical (unpaired) electrons. The van der Waals surface area contributed by atoms with Crippen LogP contribution >= 0.6 is 0 Å². The maximum absolute atomic E-state index is 5.92. The molecule has 0 spiro atoms. The average molecular weight is 232 g/mol. The van der Waals surface area contributed by atoms with E-state index in [1.165, 1.54) is 24.8 Å². The zero-order valence-corrected chi connectivity index (χ0v) is 11.2. The zero-order valence-electron chi connectivity index (χ0n) is 11.2. The quantitative estimate of drug-likeness (QED) is 0.785. The maximum Gasteiger partial charge on any atom is 0.0346 e. The van der Waals surface area contributed by atoms with E-state index >= 15 is 0 Å². The Kier molecular flexibility index (Phi) is 3.43. The van der Waals surface area contributed by atoms with Gasteiger partial charge in [-0.2, -0.15) is 0 Å². The predicted molar refractivity (Wildman–Crippen MR) is 73.9 cm³/mol. The summed E-state index contributed by atoms with van der Waals surface area (Å²) in [6.45, 7) is 7.70. The monoisotopic (exact) mass is 232 g/mol. The van der Waals surface area contributed by atoms with E-state index < -0.39 is 0 Å². The number of nitrogen functional groups attached to an aromatic ring is 1. The zero-order chi connectivity index (χ0) is 12.5. The van der Waals surface area contributed by atoms with Gasteiger partial charge in [-0.05, 0) is 48.8 Å². The van der Waals surface area contributed by atoms with E-state index in [4.69, 9.17) is 5.73 Å². The third-order valence-electron chi connectivity index (χ3n) is 3.91. The molecule has 1 unspecified atom stereocenters. The van der Waals surface area contributed by atoms with E-state index in [1.807, 2.05) is 6.92 Å². The molecule has 0 aromatic heterocycles. The van der Waals surface area contributed by atoms with Crippen molar-refractivity contribution in [1.82, 2.24) is 5.32 Å². The lowest BCUT2D eigenvalue weighted by Crippen LogP contribution is -2.26. The Hall–Kier alpha value is -1.02. The average Bonchev–Trinajstić information content (AvgIpc) is 2.60. The van der Waals surface area contributed by atoms with Gasteiger partial charge in [0.25, 0.3) is 0 Å². The van der Waals surface area contributed by atoms with Gasteiger partial charge in [0, 0.05) is 18.3 Å². The number of nitrogens with one attached hydrogen (secondary N) is 1. The van der Waals surface area contributed by atoms with E-state index in [9.17, 15) is 0 Å². The standard InChI is InChI=1S/C15H24N2/c1-11-4-5-12(8-14(11)16)10-17-13-6-7-15(2,3)9-13/h4-5,8,13,17H,6-7,9-10,16H2,1-3H3. The Morgan fingerprint density at radius 2 is 2.18 bits per heavy atom. The summed E-state index contributed by atoms with van der Waals surface area (Å²) in [6, 6.07) is 7.03. The van der Waals surface area contributed by atoms with Gasteiger partial charge in [0.2, 0.25) is 0 Å². The Bertz CT molecular complexity index is 396. The van der Waals surface area contributed by atoms with Crippen LogP contribution in [0.1, 0.15) is 44.2 Å². The summed E-state index contributed by atoms with van der Waals surface area (Å²) >= 11 is 0. The molecule has 1 saturated carbocycles. The molecular weight excluding hydrogens is 208 g/mol. The van der Waals surface area contributed by atoms with E-state index in [2.05, 4.69) is 37.4 Å². The summed E-state index contributed by atoms with van der Waals surface area (Å²) in [5, 5.41) is 3.64. The molecule has 1 aromatic carbocycles. The molecule has 2 heteroatoms.